The van der Waals surface area contributed by atoms with Gasteiger partial charge in [-0.05, 0) is 24.6 Å². The van der Waals surface area contributed by atoms with Crippen molar-refractivity contribution in [3.8, 4) is 11.5 Å². The van der Waals surface area contributed by atoms with E-state index < -0.39 is 5.97 Å². The van der Waals surface area contributed by atoms with Crippen LogP contribution in [0.2, 0.25) is 0 Å². The maximum atomic E-state index is 11.8. The van der Waals surface area contributed by atoms with Crippen molar-refractivity contribution in [2.45, 2.75) is 6.92 Å². The molecule has 5 heteroatoms. The summed E-state index contributed by atoms with van der Waals surface area (Å²) in [6.45, 7) is 1.94. The van der Waals surface area contributed by atoms with E-state index in [9.17, 15) is 4.79 Å². The normalized spacial score (nSPS) is 10.2. The number of benzene rings is 1. The lowest BCUT2D eigenvalue weighted by Gasteiger charge is -2.08. The van der Waals surface area contributed by atoms with E-state index in [1.807, 2.05) is 19.1 Å². The molecule has 0 spiro atoms. The zero-order valence-corrected chi connectivity index (χ0v) is 10.5. The molecule has 0 fully saturated rings. The van der Waals surface area contributed by atoms with Gasteiger partial charge in [0.05, 0.1) is 18.9 Å². The number of methoxy groups -OCH3 is 1. The van der Waals surface area contributed by atoms with Gasteiger partial charge in [0.25, 0.3) is 0 Å². The Balaban J connectivity index is 2.21. The highest BCUT2D eigenvalue weighted by Crippen LogP contribution is 2.28. The Morgan fingerprint density at radius 1 is 1.33 bits per heavy atom. The molecule has 5 nitrogen and oxygen atoms in total. The average Bonchev–Trinajstić information content (AvgIpc) is 2.78. The average molecular weight is 246 g/mol. The number of ether oxygens (including phenoxy) is 2. The number of hydrogen-bond donors (Lipinski definition) is 0. The van der Waals surface area contributed by atoms with Crippen molar-refractivity contribution >= 4 is 5.97 Å². The molecule has 1 heterocycles. The Kier molecular flexibility index (Phi) is 3.32. The predicted octanol–water partition coefficient (Wildman–Crippen LogP) is 1.96. The van der Waals surface area contributed by atoms with Crippen LogP contribution in [0.5, 0.6) is 11.5 Å². The number of esters is 1. The number of carbonyl (C=O) groups is 1. The van der Waals surface area contributed by atoms with E-state index in [2.05, 4.69) is 5.10 Å². The summed E-state index contributed by atoms with van der Waals surface area (Å²) in [4.78, 5) is 11.8. The number of hydrogen-bond acceptors (Lipinski definition) is 4. The van der Waals surface area contributed by atoms with E-state index in [1.54, 1.807) is 24.0 Å². The van der Waals surface area contributed by atoms with Crippen molar-refractivity contribution in [3.05, 3.63) is 41.7 Å². The lowest BCUT2D eigenvalue weighted by atomic mass is 10.2. The van der Waals surface area contributed by atoms with Crippen LogP contribution in [0.15, 0.2) is 30.6 Å². The van der Waals surface area contributed by atoms with Crippen LogP contribution < -0.4 is 9.47 Å². The molecule has 1 aromatic carbocycles. The van der Waals surface area contributed by atoms with E-state index >= 15 is 0 Å². The van der Waals surface area contributed by atoms with E-state index in [-0.39, 0.29) is 0 Å². The fraction of sp³-hybridized carbons (Fsp3) is 0.231. The van der Waals surface area contributed by atoms with Crippen molar-refractivity contribution in [3.63, 3.8) is 0 Å². The molecule has 0 bridgehead atoms. The van der Waals surface area contributed by atoms with Crippen LogP contribution in [-0.2, 0) is 7.05 Å². The Bertz CT molecular complexity index is 575. The molecule has 0 aliphatic rings. The molecular weight excluding hydrogens is 232 g/mol. The van der Waals surface area contributed by atoms with E-state index in [1.165, 1.54) is 13.3 Å². The lowest BCUT2D eigenvalue weighted by molar-refractivity contribution is 0.0729. The third-order valence-corrected chi connectivity index (χ3v) is 2.46. The Morgan fingerprint density at radius 3 is 2.72 bits per heavy atom. The minimum atomic E-state index is -0.453. The van der Waals surface area contributed by atoms with E-state index in [0.29, 0.717) is 17.1 Å². The number of nitrogens with zero attached hydrogens (tertiary/aromatic N) is 2. The van der Waals surface area contributed by atoms with Crippen LogP contribution in [-0.4, -0.2) is 22.9 Å². The van der Waals surface area contributed by atoms with Gasteiger partial charge < -0.3 is 9.47 Å². The number of rotatable bonds is 3. The van der Waals surface area contributed by atoms with Crippen molar-refractivity contribution < 1.29 is 14.3 Å². The molecule has 0 atom stereocenters. The molecule has 0 saturated heterocycles. The molecule has 0 radical (unpaired) electrons. The summed E-state index contributed by atoms with van der Waals surface area (Å²) in [7, 11) is 3.28. The van der Waals surface area contributed by atoms with Gasteiger partial charge in [-0.1, -0.05) is 6.07 Å². The zero-order valence-electron chi connectivity index (χ0n) is 10.5. The van der Waals surface area contributed by atoms with Crippen LogP contribution in [0, 0.1) is 6.92 Å². The van der Waals surface area contributed by atoms with Gasteiger partial charge in [-0.25, -0.2) is 4.79 Å². The van der Waals surface area contributed by atoms with Crippen molar-refractivity contribution in [2.75, 3.05) is 7.11 Å². The maximum absolute atomic E-state index is 11.8. The second kappa shape index (κ2) is 4.91. The molecule has 2 rings (SSSR count). The molecule has 0 N–H and O–H groups in total. The minimum absolute atomic E-state index is 0.400. The first kappa shape index (κ1) is 12.2. The monoisotopic (exact) mass is 246 g/mol. The molecule has 0 aliphatic heterocycles. The summed E-state index contributed by atoms with van der Waals surface area (Å²) in [5.41, 5.74) is 1.44. The number of aryl methyl sites for hydroxylation is 2. The summed E-state index contributed by atoms with van der Waals surface area (Å²) >= 11 is 0. The number of aromatic nitrogens is 2. The minimum Gasteiger partial charge on any atom is -0.493 e. The molecule has 0 aliphatic carbocycles. The fourth-order valence-corrected chi connectivity index (χ4v) is 1.54. The maximum Gasteiger partial charge on any atom is 0.346 e. The largest absolute Gasteiger partial charge is 0.493 e. The molecule has 18 heavy (non-hydrogen) atoms. The van der Waals surface area contributed by atoms with Crippen LogP contribution in [0.25, 0.3) is 0 Å². The SMILES string of the molecule is COc1cc(C)ccc1OC(=O)c1cnn(C)c1. The van der Waals surface area contributed by atoms with Crippen LogP contribution in [0.1, 0.15) is 15.9 Å². The van der Waals surface area contributed by atoms with Gasteiger partial charge in [-0.3, -0.25) is 4.68 Å². The van der Waals surface area contributed by atoms with E-state index in [0.717, 1.165) is 5.56 Å². The summed E-state index contributed by atoms with van der Waals surface area (Å²) in [5, 5.41) is 3.92. The number of carbonyl (C=O) groups excluding carboxylic acids is 1. The quantitative estimate of drug-likeness (QED) is 0.613. The first-order valence-corrected chi connectivity index (χ1v) is 5.45. The predicted molar refractivity (Wildman–Crippen MR) is 65.9 cm³/mol. The van der Waals surface area contributed by atoms with Gasteiger partial charge in [0.1, 0.15) is 0 Å². The van der Waals surface area contributed by atoms with Crippen LogP contribution in [0.4, 0.5) is 0 Å². The molecule has 1 aromatic heterocycles. The van der Waals surface area contributed by atoms with Crippen LogP contribution >= 0.6 is 0 Å². The van der Waals surface area contributed by atoms with Gasteiger partial charge in [0.2, 0.25) is 0 Å². The summed E-state index contributed by atoms with van der Waals surface area (Å²) in [6.07, 6.45) is 3.06. The summed E-state index contributed by atoms with van der Waals surface area (Å²) in [5.74, 6) is 0.481. The Labute approximate surface area is 105 Å². The first-order valence-electron chi connectivity index (χ1n) is 5.45. The first-order chi connectivity index (χ1) is 8.60. The highest BCUT2D eigenvalue weighted by atomic mass is 16.6. The van der Waals surface area contributed by atoms with E-state index in [4.69, 9.17) is 9.47 Å². The van der Waals surface area contributed by atoms with Crippen molar-refractivity contribution in [1.29, 1.82) is 0 Å². The Morgan fingerprint density at radius 2 is 2.11 bits per heavy atom. The molecule has 2 aromatic rings. The lowest BCUT2D eigenvalue weighted by Crippen LogP contribution is -2.08. The third-order valence-electron chi connectivity index (χ3n) is 2.46. The summed E-state index contributed by atoms with van der Waals surface area (Å²) in [6, 6.07) is 5.38. The molecule has 0 saturated carbocycles. The van der Waals surface area contributed by atoms with Gasteiger partial charge in [-0.15, -0.1) is 0 Å². The smallest absolute Gasteiger partial charge is 0.346 e. The molecule has 0 unspecified atom stereocenters. The van der Waals surface area contributed by atoms with Crippen molar-refractivity contribution in [2.24, 2.45) is 7.05 Å². The second-order valence-corrected chi connectivity index (χ2v) is 3.95. The molecule has 94 valence electrons. The van der Waals surface area contributed by atoms with Gasteiger partial charge in [0.15, 0.2) is 11.5 Å². The standard InChI is InChI=1S/C13H14N2O3/c1-9-4-5-11(12(6-9)17-3)18-13(16)10-7-14-15(2)8-10/h4-8H,1-3H3. The summed E-state index contributed by atoms with van der Waals surface area (Å²) < 4.78 is 12.0. The van der Waals surface area contributed by atoms with Gasteiger partial charge >= 0.3 is 5.97 Å². The van der Waals surface area contributed by atoms with Crippen molar-refractivity contribution in [1.82, 2.24) is 9.78 Å². The molecular formula is C13H14N2O3. The fourth-order valence-electron chi connectivity index (χ4n) is 1.54. The van der Waals surface area contributed by atoms with Crippen LogP contribution in [0.3, 0.4) is 0 Å². The van der Waals surface area contributed by atoms with Gasteiger partial charge in [0, 0.05) is 13.2 Å². The Hall–Kier alpha value is -2.30. The molecule has 0 amide bonds. The highest BCUT2D eigenvalue weighted by Gasteiger charge is 2.13. The third kappa shape index (κ3) is 2.51. The highest BCUT2D eigenvalue weighted by molar-refractivity contribution is 5.90. The van der Waals surface area contributed by atoms with Gasteiger partial charge in [-0.2, -0.15) is 5.10 Å². The second-order valence-electron chi connectivity index (χ2n) is 3.95. The zero-order chi connectivity index (χ0) is 13.1. The topological polar surface area (TPSA) is 53.4 Å².